The van der Waals surface area contributed by atoms with E-state index >= 15 is 0 Å². The highest BCUT2D eigenvalue weighted by molar-refractivity contribution is 7.89. The van der Waals surface area contributed by atoms with Crippen LogP contribution in [0, 0.1) is 18.8 Å². The highest BCUT2D eigenvalue weighted by Gasteiger charge is 2.32. The van der Waals surface area contributed by atoms with Gasteiger partial charge in [0.2, 0.25) is 10.0 Å². The van der Waals surface area contributed by atoms with Gasteiger partial charge in [0.25, 0.3) is 0 Å². The number of nitrogens with one attached hydrogen (secondary N) is 1. The van der Waals surface area contributed by atoms with Crippen molar-refractivity contribution in [1.29, 1.82) is 0 Å². The van der Waals surface area contributed by atoms with Crippen LogP contribution in [0.15, 0.2) is 23.1 Å². The molecule has 0 saturated carbocycles. The Labute approximate surface area is 153 Å². The Bertz CT molecular complexity index is 807. The molecule has 0 bridgehead atoms. The van der Waals surface area contributed by atoms with Gasteiger partial charge in [0, 0.05) is 32.9 Å². The van der Waals surface area contributed by atoms with Gasteiger partial charge >= 0.3 is 12.0 Å². The minimum Gasteiger partial charge on any atom is -0.481 e. The second-order valence-electron chi connectivity index (χ2n) is 6.93. The first-order valence-corrected chi connectivity index (χ1v) is 9.79. The molecular weight excluding hydrogens is 358 g/mol. The number of rotatable bonds is 4. The van der Waals surface area contributed by atoms with E-state index in [1.807, 2.05) is 6.92 Å². The Morgan fingerprint density at radius 2 is 1.92 bits per heavy atom. The summed E-state index contributed by atoms with van der Waals surface area (Å²) in [7, 11) is -0.738. The summed E-state index contributed by atoms with van der Waals surface area (Å²) in [5, 5.41) is 12.0. The second kappa shape index (κ2) is 7.63. The number of carboxylic acids is 1. The van der Waals surface area contributed by atoms with E-state index < -0.39 is 27.9 Å². The van der Waals surface area contributed by atoms with Gasteiger partial charge in [-0.05, 0) is 37.0 Å². The zero-order valence-electron chi connectivity index (χ0n) is 15.4. The van der Waals surface area contributed by atoms with E-state index in [-0.39, 0.29) is 17.4 Å². The van der Waals surface area contributed by atoms with Crippen LogP contribution in [-0.4, -0.2) is 61.9 Å². The van der Waals surface area contributed by atoms with Gasteiger partial charge in [0.05, 0.1) is 10.8 Å². The maximum Gasteiger partial charge on any atom is 0.321 e. The number of hydrogen-bond acceptors (Lipinski definition) is 4. The summed E-state index contributed by atoms with van der Waals surface area (Å²) in [5.41, 5.74) is 0.831. The first-order chi connectivity index (χ1) is 12.0. The van der Waals surface area contributed by atoms with E-state index in [1.165, 1.54) is 25.1 Å². The van der Waals surface area contributed by atoms with Crippen LogP contribution >= 0.6 is 0 Å². The van der Waals surface area contributed by atoms with Crippen molar-refractivity contribution >= 4 is 27.7 Å². The van der Waals surface area contributed by atoms with Gasteiger partial charge in [-0.15, -0.1) is 0 Å². The predicted molar refractivity (Wildman–Crippen MR) is 97.6 cm³/mol. The molecule has 2 atom stereocenters. The molecule has 0 radical (unpaired) electrons. The van der Waals surface area contributed by atoms with Crippen molar-refractivity contribution in [3.05, 3.63) is 23.8 Å². The number of carbonyl (C=O) groups is 2. The second-order valence-corrected chi connectivity index (χ2v) is 9.05. The quantitative estimate of drug-likeness (QED) is 0.825. The summed E-state index contributed by atoms with van der Waals surface area (Å²) in [6.07, 6.45) is 0.536. The molecule has 2 unspecified atom stereocenters. The molecule has 0 spiro atoms. The topological polar surface area (TPSA) is 107 Å². The molecule has 9 heteroatoms. The Morgan fingerprint density at radius 1 is 1.27 bits per heavy atom. The van der Waals surface area contributed by atoms with Crippen molar-refractivity contribution in [3.63, 3.8) is 0 Å². The molecule has 144 valence electrons. The molecule has 8 nitrogen and oxygen atoms in total. The number of piperidine rings is 1. The first kappa shape index (κ1) is 20.2. The summed E-state index contributed by atoms with van der Waals surface area (Å²) in [5.74, 6) is -1.42. The lowest BCUT2D eigenvalue weighted by molar-refractivity contribution is -0.143. The standard InChI is InChI=1S/C17H25N3O5S/c1-11-8-13(16(21)22)10-20(9-11)17(23)18-14-6-5-7-15(12(14)2)26(24,25)19(3)4/h5-7,11,13H,8-10H2,1-4H3,(H,18,23)(H,21,22). The number of amides is 2. The first-order valence-electron chi connectivity index (χ1n) is 8.35. The largest absolute Gasteiger partial charge is 0.481 e. The molecule has 1 saturated heterocycles. The minimum atomic E-state index is -3.63. The molecule has 1 heterocycles. The molecule has 1 aliphatic rings. The third-order valence-electron chi connectivity index (χ3n) is 4.58. The van der Waals surface area contributed by atoms with Crippen molar-refractivity contribution in [2.75, 3.05) is 32.5 Å². The number of likely N-dealkylation sites (tertiary alicyclic amines) is 1. The molecular formula is C17H25N3O5S. The van der Waals surface area contributed by atoms with Gasteiger partial charge in [0.1, 0.15) is 0 Å². The molecule has 2 amide bonds. The maximum atomic E-state index is 12.6. The lowest BCUT2D eigenvalue weighted by atomic mass is 9.91. The van der Waals surface area contributed by atoms with Crippen molar-refractivity contribution < 1.29 is 23.1 Å². The van der Waals surface area contributed by atoms with Crippen LogP contribution in [-0.2, 0) is 14.8 Å². The molecule has 1 aliphatic heterocycles. The SMILES string of the molecule is Cc1c(NC(=O)N2CC(C)CC(C(=O)O)C2)cccc1S(=O)(=O)N(C)C. The Hall–Kier alpha value is -2.13. The van der Waals surface area contributed by atoms with Crippen LogP contribution in [0.25, 0.3) is 0 Å². The third-order valence-corrected chi connectivity index (χ3v) is 6.54. The Kier molecular flexibility index (Phi) is 5.92. The number of carboxylic acid groups (broad SMARTS) is 1. The van der Waals surface area contributed by atoms with Crippen LogP contribution in [0.3, 0.4) is 0 Å². The van der Waals surface area contributed by atoms with E-state index in [4.69, 9.17) is 0 Å². The van der Waals surface area contributed by atoms with Crippen LogP contribution in [0.5, 0.6) is 0 Å². The smallest absolute Gasteiger partial charge is 0.321 e. The van der Waals surface area contributed by atoms with Gasteiger partial charge in [-0.25, -0.2) is 17.5 Å². The summed E-state index contributed by atoms with van der Waals surface area (Å²) in [4.78, 5) is 25.5. The molecule has 26 heavy (non-hydrogen) atoms. The van der Waals surface area contributed by atoms with Crippen LogP contribution in [0.1, 0.15) is 18.9 Å². The number of aliphatic carboxylic acids is 1. The van der Waals surface area contributed by atoms with E-state index in [9.17, 15) is 23.1 Å². The molecule has 1 aromatic carbocycles. The highest BCUT2D eigenvalue weighted by atomic mass is 32.2. The van der Waals surface area contributed by atoms with Crippen molar-refractivity contribution in [2.45, 2.75) is 25.2 Å². The molecule has 2 rings (SSSR count). The summed E-state index contributed by atoms with van der Waals surface area (Å²) >= 11 is 0. The Morgan fingerprint density at radius 3 is 2.50 bits per heavy atom. The lowest BCUT2D eigenvalue weighted by Gasteiger charge is -2.34. The van der Waals surface area contributed by atoms with Gasteiger partial charge in [-0.3, -0.25) is 4.79 Å². The molecule has 2 N–H and O–H groups in total. The number of sulfonamides is 1. The van der Waals surface area contributed by atoms with Gasteiger partial charge < -0.3 is 15.3 Å². The van der Waals surface area contributed by atoms with E-state index in [0.29, 0.717) is 24.2 Å². The van der Waals surface area contributed by atoms with Crippen LogP contribution < -0.4 is 5.32 Å². The number of urea groups is 1. The van der Waals surface area contributed by atoms with Crippen LogP contribution in [0.2, 0.25) is 0 Å². The van der Waals surface area contributed by atoms with Crippen molar-refractivity contribution in [3.8, 4) is 0 Å². The molecule has 0 aliphatic carbocycles. The van der Waals surface area contributed by atoms with E-state index in [1.54, 1.807) is 19.1 Å². The van der Waals surface area contributed by atoms with Gasteiger partial charge in [0.15, 0.2) is 0 Å². The molecule has 1 fully saturated rings. The normalized spacial score (nSPS) is 20.9. The highest BCUT2D eigenvalue weighted by Crippen LogP contribution is 2.26. The maximum absolute atomic E-state index is 12.6. The fraction of sp³-hybridized carbons (Fsp3) is 0.529. The zero-order chi connectivity index (χ0) is 19.6. The number of nitrogens with zero attached hydrogens (tertiary/aromatic N) is 2. The number of anilines is 1. The number of benzene rings is 1. The molecule has 1 aromatic rings. The lowest BCUT2D eigenvalue weighted by Crippen LogP contribution is -2.47. The average Bonchev–Trinajstić information content (AvgIpc) is 2.55. The minimum absolute atomic E-state index is 0.0807. The summed E-state index contributed by atoms with van der Waals surface area (Å²) in [6.45, 7) is 4.14. The number of hydrogen-bond donors (Lipinski definition) is 2. The van der Waals surface area contributed by atoms with E-state index in [0.717, 1.165) is 4.31 Å². The monoisotopic (exact) mass is 383 g/mol. The van der Waals surface area contributed by atoms with Gasteiger partial charge in [-0.2, -0.15) is 0 Å². The number of carbonyl (C=O) groups excluding carboxylic acids is 1. The summed E-state index contributed by atoms with van der Waals surface area (Å²) in [6, 6.07) is 4.26. The Balaban J connectivity index is 2.23. The van der Waals surface area contributed by atoms with Crippen molar-refractivity contribution in [2.24, 2.45) is 11.8 Å². The van der Waals surface area contributed by atoms with Gasteiger partial charge in [-0.1, -0.05) is 13.0 Å². The molecule has 0 aromatic heterocycles. The fourth-order valence-electron chi connectivity index (χ4n) is 3.12. The third kappa shape index (κ3) is 4.16. The predicted octanol–water partition coefficient (Wildman–Crippen LogP) is 1.82. The van der Waals surface area contributed by atoms with Crippen LogP contribution in [0.4, 0.5) is 10.5 Å². The average molecular weight is 383 g/mol. The van der Waals surface area contributed by atoms with Crippen molar-refractivity contribution in [1.82, 2.24) is 9.21 Å². The van der Waals surface area contributed by atoms with E-state index in [2.05, 4.69) is 5.32 Å². The fourth-order valence-corrected chi connectivity index (χ4v) is 4.26. The summed E-state index contributed by atoms with van der Waals surface area (Å²) < 4.78 is 25.9. The zero-order valence-corrected chi connectivity index (χ0v) is 16.2.